The van der Waals surface area contributed by atoms with E-state index in [1.54, 1.807) is 24.3 Å². The zero-order valence-electron chi connectivity index (χ0n) is 17.2. The molecule has 0 saturated heterocycles. The summed E-state index contributed by atoms with van der Waals surface area (Å²) in [5, 5.41) is 19.7. The molecule has 0 aromatic heterocycles. The highest BCUT2D eigenvalue weighted by molar-refractivity contribution is 6.02. The maximum absolute atomic E-state index is 11.9. The molecule has 0 aliphatic carbocycles. The predicted octanol–water partition coefficient (Wildman–Crippen LogP) is 3.58. The minimum absolute atomic E-state index is 0.00478. The van der Waals surface area contributed by atoms with Crippen LogP contribution < -0.4 is 15.8 Å². The molecule has 7 nitrogen and oxygen atoms in total. The van der Waals surface area contributed by atoms with Gasteiger partial charge in [-0.25, -0.2) is 4.79 Å². The molecule has 0 aliphatic heterocycles. The average molecular weight is 417 g/mol. The Morgan fingerprint density at radius 2 is 1.65 bits per heavy atom. The summed E-state index contributed by atoms with van der Waals surface area (Å²) >= 11 is 0. The fraction of sp³-hybridized carbons (Fsp3) is 0.125. The fourth-order valence-electron chi connectivity index (χ4n) is 3.15. The number of aryl methyl sites for hydroxylation is 1. The molecule has 31 heavy (non-hydrogen) atoms. The summed E-state index contributed by atoms with van der Waals surface area (Å²) in [6.45, 7) is 2.18. The number of nitrogens with two attached hydrogens (primary N) is 1. The van der Waals surface area contributed by atoms with E-state index in [9.17, 15) is 14.7 Å². The van der Waals surface area contributed by atoms with Crippen LogP contribution in [0.5, 0.6) is 5.75 Å². The molecule has 5 N–H and O–H groups in total. The minimum Gasteiger partial charge on any atom is -0.488 e. The Hall–Kier alpha value is -4.13. The van der Waals surface area contributed by atoms with Crippen LogP contribution in [0.25, 0.3) is 11.1 Å². The van der Waals surface area contributed by atoms with E-state index < -0.39 is 5.97 Å². The summed E-state index contributed by atoms with van der Waals surface area (Å²) in [7, 11) is 1.49. The van der Waals surface area contributed by atoms with Gasteiger partial charge in [0, 0.05) is 23.7 Å². The number of carboxylic acid groups (broad SMARTS) is 1. The van der Waals surface area contributed by atoms with Gasteiger partial charge < -0.3 is 20.9 Å². The van der Waals surface area contributed by atoms with Crippen molar-refractivity contribution in [1.29, 1.82) is 5.41 Å². The van der Waals surface area contributed by atoms with E-state index in [1.165, 1.54) is 13.1 Å². The second-order valence-corrected chi connectivity index (χ2v) is 7.04. The molecule has 7 heteroatoms. The number of nitrogens with one attached hydrogen (secondary N) is 2. The molecule has 0 radical (unpaired) electrons. The number of carbonyl (C=O) groups is 2. The van der Waals surface area contributed by atoms with Crippen LogP contribution in [0.4, 0.5) is 0 Å². The number of aromatic carboxylic acids is 1. The van der Waals surface area contributed by atoms with E-state index in [2.05, 4.69) is 5.32 Å². The van der Waals surface area contributed by atoms with Gasteiger partial charge in [0.25, 0.3) is 5.91 Å². The quantitative estimate of drug-likeness (QED) is 0.345. The lowest BCUT2D eigenvalue weighted by Crippen LogP contribution is -2.18. The summed E-state index contributed by atoms with van der Waals surface area (Å²) in [5.74, 6) is -0.962. The molecule has 158 valence electrons. The highest BCUT2D eigenvalue weighted by Crippen LogP contribution is 2.34. The Morgan fingerprint density at radius 3 is 2.26 bits per heavy atom. The van der Waals surface area contributed by atoms with Crippen molar-refractivity contribution in [2.45, 2.75) is 13.5 Å². The number of carboxylic acids is 1. The van der Waals surface area contributed by atoms with Crippen LogP contribution in [0.2, 0.25) is 0 Å². The second kappa shape index (κ2) is 9.13. The summed E-state index contributed by atoms with van der Waals surface area (Å²) in [4.78, 5) is 23.8. The lowest BCUT2D eigenvalue weighted by Gasteiger charge is -2.15. The van der Waals surface area contributed by atoms with Crippen LogP contribution in [0.3, 0.4) is 0 Å². The van der Waals surface area contributed by atoms with Gasteiger partial charge in [0.05, 0.1) is 5.56 Å². The number of rotatable bonds is 7. The summed E-state index contributed by atoms with van der Waals surface area (Å²) < 4.78 is 6.04. The van der Waals surface area contributed by atoms with Crippen molar-refractivity contribution in [2.24, 2.45) is 5.73 Å². The van der Waals surface area contributed by atoms with Gasteiger partial charge in [-0.15, -0.1) is 0 Å². The van der Waals surface area contributed by atoms with Crippen LogP contribution in [-0.2, 0) is 6.61 Å². The maximum atomic E-state index is 11.9. The molecule has 0 saturated carbocycles. The summed E-state index contributed by atoms with van der Waals surface area (Å²) in [5.41, 5.74) is 9.32. The van der Waals surface area contributed by atoms with Crippen molar-refractivity contribution in [3.8, 4) is 16.9 Å². The topological polar surface area (TPSA) is 126 Å². The molecule has 3 aromatic carbocycles. The van der Waals surface area contributed by atoms with Crippen molar-refractivity contribution < 1.29 is 19.4 Å². The van der Waals surface area contributed by atoms with E-state index in [-0.39, 0.29) is 29.5 Å². The molecule has 0 spiro atoms. The second-order valence-electron chi connectivity index (χ2n) is 7.04. The van der Waals surface area contributed by atoms with Crippen molar-refractivity contribution in [2.75, 3.05) is 7.05 Å². The van der Waals surface area contributed by atoms with Crippen LogP contribution in [0.15, 0.2) is 60.7 Å². The number of amidine groups is 1. The van der Waals surface area contributed by atoms with Gasteiger partial charge >= 0.3 is 5.97 Å². The Bertz CT molecular complexity index is 1150. The molecule has 0 heterocycles. The number of nitrogen functional groups attached to an aromatic ring is 1. The van der Waals surface area contributed by atoms with Crippen molar-refractivity contribution >= 4 is 17.7 Å². The number of amides is 1. The molecule has 0 unspecified atom stereocenters. The van der Waals surface area contributed by atoms with Crippen LogP contribution >= 0.6 is 0 Å². The minimum atomic E-state index is -1.13. The van der Waals surface area contributed by atoms with Crippen molar-refractivity contribution in [3.05, 3.63) is 88.5 Å². The van der Waals surface area contributed by atoms with Crippen LogP contribution in [0, 0.1) is 12.3 Å². The standard InChI is InChI=1S/C24H23N3O4/c1-14-3-9-19(18-10-8-17(23(28)27-2)12-20(18)24(29)30)21(11-14)31-13-15-4-6-16(7-5-15)22(25)26/h3-12H,13H2,1-2H3,(H3,25,26)(H,27,28)(H,29,30). The first-order valence-corrected chi connectivity index (χ1v) is 9.56. The van der Waals surface area contributed by atoms with E-state index in [0.29, 0.717) is 22.4 Å². The van der Waals surface area contributed by atoms with E-state index in [1.807, 2.05) is 37.3 Å². The Morgan fingerprint density at radius 1 is 1.00 bits per heavy atom. The Kier molecular flexibility index (Phi) is 6.35. The summed E-state index contributed by atoms with van der Waals surface area (Å²) in [6.07, 6.45) is 0. The average Bonchev–Trinajstić information content (AvgIpc) is 2.77. The van der Waals surface area contributed by atoms with Crippen molar-refractivity contribution in [3.63, 3.8) is 0 Å². The van der Waals surface area contributed by atoms with E-state index in [4.69, 9.17) is 15.9 Å². The third-order valence-electron chi connectivity index (χ3n) is 4.83. The lowest BCUT2D eigenvalue weighted by atomic mass is 9.95. The zero-order chi connectivity index (χ0) is 22.5. The van der Waals surface area contributed by atoms with Gasteiger partial charge in [0.15, 0.2) is 0 Å². The molecule has 1 amide bonds. The molecular weight excluding hydrogens is 394 g/mol. The molecule has 0 atom stereocenters. The Balaban J connectivity index is 1.97. The largest absolute Gasteiger partial charge is 0.488 e. The van der Waals surface area contributed by atoms with Gasteiger partial charge in [-0.2, -0.15) is 0 Å². The first kappa shape index (κ1) is 21.6. The lowest BCUT2D eigenvalue weighted by molar-refractivity contribution is 0.0697. The molecule has 0 fully saturated rings. The first-order chi connectivity index (χ1) is 14.8. The first-order valence-electron chi connectivity index (χ1n) is 9.56. The molecule has 3 rings (SSSR count). The SMILES string of the molecule is CNC(=O)c1ccc(-c2ccc(C)cc2OCc2ccc(C(=N)N)cc2)c(C(=O)O)c1. The third kappa shape index (κ3) is 4.90. The smallest absolute Gasteiger partial charge is 0.336 e. The zero-order valence-corrected chi connectivity index (χ0v) is 17.2. The van der Waals surface area contributed by atoms with Crippen LogP contribution in [0.1, 0.15) is 37.4 Å². The van der Waals surface area contributed by atoms with Gasteiger partial charge in [0.2, 0.25) is 0 Å². The number of ether oxygens (including phenoxy) is 1. The number of hydrogen-bond donors (Lipinski definition) is 4. The molecular formula is C24H23N3O4. The molecule has 3 aromatic rings. The highest BCUT2D eigenvalue weighted by atomic mass is 16.5. The fourth-order valence-corrected chi connectivity index (χ4v) is 3.15. The molecule has 0 aliphatic rings. The summed E-state index contributed by atoms with van der Waals surface area (Å²) in [6, 6.07) is 17.2. The highest BCUT2D eigenvalue weighted by Gasteiger charge is 2.18. The van der Waals surface area contributed by atoms with Gasteiger partial charge in [0.1, 0.15) is 18.2 Å². The Labute approximate surface area is 180 Å². The third-order valence-corrected chi connectivity index (χ3v) is 4.83. The maximum Gasteiger partial charge on any atom is 0.336 e. The normalized spacial score (nSPS) is 10.4. The van der Waals surface area contributed by atoms with E-state index in [0.717, 1.165) is 11.1 Å². The molecule has 0 bridgehead atoms. The number of hydrogen-bond acceptors (Lipinski definition) is 4. The van der Waals surface area contributed by atoms with Crippen LogP contribution in [-0.4, -0.2) is 29.9 Å². The number of carbonyl (C=O) groups excluding carboxylic acids is 1. The van der Waals surface area contributed by atoms with Crippen molar-refractivity contribution in [1.82, 2.24) is 5.32 Å². The van der Waals surface area contributed by atoms with Gasteiger partial charge in [-0.3, -0.25) is 10.2 Å². The van der Waals surface area contributed by atoms with Gasteiger partial charge in [-0.1, -0.05) is 42.5 Å². The monoisotopic (exact) mass is 417 g/mol. The predicted molar refractivity (Wildman–Crippen MR) is 119 cm³/mol. The van der Waals surface area contributed by atoms with E-state index >= 15 is 0 Å². The van der Waals surface area contributed by atoms with Gasteiger partial charge in [-0.05, 0) is 41.8 Å². The number of benzene rings is 3.